The molecule has 5 aliphatic rings. The fraction of sp³-hybridized carbons (Fsp3) is 0.812. The molecule has 1 N–H and O–H groups in total. The van der Waals surface area contributed by atoms with Crippen LogP contribution in [0.2, 0.25) is 0 Å². The van der Waals surface area contributed by atoms with Crippen molar-refractivity contribution in [2.75, 3.05) is 6.61 Å². The highest BCUT2D eigenvalue weighted by atomic mass is 32.3. The monoisotopic (exact) mass is 606 g/mol. The average Bonchev–Trinajstić information content (AvgIpc) is 3.51. The Morgan fingerprint density at radius 3 is 2.36 bits per heavy atom. The minimum Gasteiger partial charge on any atom is -0.462 e. The summed E-state index contributed by atoms with van der Waals surface area (Å²) < 4.78 is 41.4. The van der Waals surface area contributed by atoms with Gasteiger partial charge in [-0.25, -0.2) is 4.18 Å². The van der Waals surface area contributed by atoms with E-state index in [4.69, 9.17) is 9.29 Å². The van der Waals surface area contributed by atoms with Crippen molar-refractivity contribution in [3.63, 3.8) is 0 Å². The Balaban J connectivity index is 1.44. The molecule has 0 aromatic carbocycles. The van der Waals surface area contributed by atoms with Crippen LogP contribution >= 0.6 is 0 Å². The molecule has 234 valence electrons. The van der Waals surface area contributed by atoms with Gasteiger partial charge in [-0.1, -0.05) is 47.6 Å². The second kappa shape index (κ2) is 10.1. The van der Waals surface area contributed by atoms with Gasteiger partial charge in [-0.05, 0) is 84.0 Å². The van der Waals surface area contributed by atoms with Gasteiger partial charge in [0.15, 0.2) is 5.78 Å². The SMILES string of the molecule is CC(=O)O[C@H]1C[C@@]2(C)C3CCC4[C@H](C)C(=O)C=C[C@@]45C[C@@]35CC[C@]2(C)[C@H]1[C@H](C)C(=O)C(=O)C(C)[C@@H](C)COS(=O)(=O)O. The normalized spacial score (nSPS) is 44.1. The molecule has 0 aromatic rings. The minimum atomic E-state index is -4.67. The Hall–Kier alpha value is -1.91. The topological polar surface area (TPSA) is 141 Å². The van der Waals surface area contributed by atoms with Gasteiger partial charge in [-0.3, -0.25) is 23.7 Å². The first-order valence-corrected chi connectivity index (χ1v) is 16.8. The number of allylic oxidation sites excluding steroid dienone is 2. The number of rotatable bonds is 9. The molecular formula is C32H46O9S. The molecule has 0 aromatic heterocycles. The largest absolute Gasteiger partial charge is 0.462 e. The molecule has 12 atom stereocenters. The lowest BCUT2D eigenvalue weighted by molar-refractivity contribution is -0.156. The number of ketones is 3. The summed E-state index contributed by atoms with van der Waals surface area (Å²) in [6.07, 6.45) is 9.00. The van der Waals surface area contributed by atoms with Crippen molar-refractivity contribution in [1.29, 1.82) is 0 Å². The first-order chi connectivity index (χ1) is 19.4. The Morgan fingerprint density at radius 1 is 1.07 bits per heavy atom. The summed E-state index contributed by atoms with van der Waals surface area (Å²) in [5.74, 6) is -3.15. The van der Waals surface area contributed by atoms with E-state index in [0.29, 0.717) is 18.3 Å². The number of Topliss-reactive ketones (excluding diaryl/α,β-unsaturated/α-hetero) is 2. The molecule has 10 heteroatoms. The van der Waals surface area contributed by atoms with Gasteiger partial charge in [-0.2, -0.15) is 8.42 Å². The standard InChI is InChI=1S/C32H46O9S/c1-17(15-40-42(37,38)39)18(2)27(35)28(36)20(4)26-24(41-21(5)33)14-30(7)25-9-8-22-19(3)23(34)10-11-31(22)16-32(25,31)13-12-29(26,30)6/h10-11,17-20,22,24-26H,8-9,12-16H2,1-7H3,(H,37,38,39)/t17-,18?,19-,20-,22?,24-,25?,26-,29+,30-,31+,32-/m0/s1. The van der Waals surface area contributed by atoms with E-state index in [9.17, 15) is 27.6 Å². The lowest BCUT2D eigenvalue weighted by Crippen LogP contribution is -2.55. The minimum absolute atomic E-state index is 0.0255. The number of hydrogen-bond acceptors (Lipinski definition) is 8. The summed E-state index contributed by atoms with van der Waals surface area (Å²) >= 11 is 0. The molecule has 42 heavy (non-hydrogen) atoms. The highest BCUT2D eigenvalue weighted by Crippen LogP contribution is 2.87. The summed E-state index contributed by atoms with van der Waals surface area (Å²) in [5, 5.41) is 0. The van der Waals surface area contributed by atoms with E-state index in [1.54, 1.807) is 20.8 Å². The van der Waals surface area contributed by atoms with Gasteiger partial charge in [0.1, 0.15) is 6.10 Å². The molecule has 0 radical (unpaired) electrons. The molecule has 0 amide bonds. The Labute approximate surface area is 249 Å². The zero-order valence-electron chi connectivity index (χ0n) is 25.8. The molecule has 2 spiro atoms. The maximum atomic E-state index is 13.8. The third-order valence-corrected chi connectivity index (χ3v) is 13.7. The van der Waals surface area contributed by atoms with Crippen molar-refractivity contribution in [1.82, 2.24) is 0 Å². The summed E-state index contributed by atoms with van der Waals surface area (Å²) in [6, 6.07) is 0. The van der Waals surface area contributed by atoms with E-state index in [1.807, 2.05) is 6.08 Å². The summed E-state index contributed by atoms with van der Waals surface area (Å²) in [5.41, 5.74) is -0.457. The smallest absolute Gasteiger partial charge is 0.397 e. The second-order valence-electron chi connectivity index (χ2n) is 14.8. The molecule has 0 bridgehead atoms. The Kier molecular flexibility index (Phi) is 7.55. The molecule has 4 saturated carbocycles. The number of hydrogen-bond donors (Lipinski definition) is 1. The zero-order valence-corrected chi connectivity index (χ0v) is 26.7. The highest BCUT2D eigenvalue weighted by Gasteiger charge is 2.81. The van der Waals surface area contributed by atoms with Gasteiger partial charge in [0, 0.05) is 30.6 Å². The van der Waals surface area contributed by atoms with Gasteiger partial charge in [0.25, 0.3) is 0 Å². The first-order valence-electron chi connectivity index (χ1n) is 15.5. The number of esters is 1. The van der Waals surface area contributed by atoms with Crippen molar-refractivity contribution in [2.45, 2.75) is 93.1 Å². The van der Waals surface area contributed by atoms with Crippen LogP contribution in [-0.4, -0.2) is 49.0 Å². The lowest BCUT2D eigenvalue weighted by Gasteiger charge is -2.60. The Bertz CT molecular complexity index is 1340. The third-order valence-electron chi connectivity index (χ3n) is 13.3. The number of carbonyl (C=O) groups is 4. The van der Waals surface area contributed by atoms with Crippen molar-refractivity contribution >= 4 is 33.7 Å². The zero-order chi connectivity index (χ0) is 31.2. The van der Waals surface area contributed by atoms with Crippen LogP contribution in [0.5, 0.6) is 0 Å². The van der Waals surface area contributed by atoms with Gasteiger partial charge in [0.2, 0.25) is 11.6 Å². The van der Waals surface area contributed by atoms with E-state index < -0.39 is 58.4 Å². The highest BCUT2D eigenvalue weighted by molar-refractivity contribution is 7.80. The van der Waals surface area contributed by atoms with Crippen LogP contribution in [0.3, 0.4) is 0 Å². The van der Waals surface area contributed by atoms with Crippen molar-refractivity contribution in [2.24, 2.45) is 63.1 Å². The Morgan fingerprint density at radius 2 is 1.74 bits per heavy atom. The van der Waals surface area contributed by atoms with Gasteiger partial charge < -0.3 is 4.74 Å². The number of carbonyl (C=O) groups excluding carboxylic acids is 4. The summed E-state index contributed by atoms with van der Waals surface area (Å²) in [6.45, 7) is 12.5. The average molecular weight is 607 g/mol. The van der Waals surface area contributed by atoms with E-state index in [-0.39, 0.29) is 39.3 Å². The molecule has 3 unspecified atom stereocenters. The summed E-state index contributed by atoms with van der Waals surface area (Å²) in [4.78, 5) is 52.1. The molecule has 9 nitrogen and oxygen atoms in total. The fourth-order valence-electron chi connectivity index (χ4n) is 10.8. The van der Waals surface area contributed by atoms with Gasteiger partial charge in [0.05, 0.1) is 6.61 Å². The lowest BCUT2D eigenvalue weighted by atomic mass is 9.43. The molecule has 0 aliphatic heterocycles. The van der Waals surface area contributed by atoms with E-state index in [2.05, 4.69) is 31.0 Å². The summed E-state index contributed by atoms with van der Waals surface area (Å²) in [7, 11) is -4.67. The quantitative estimate of drug-likeness (QED) is 0.223. The van der Waals surface area contributed by atoms with Crippen LogP contribution < -0.4 is 0 Å². The van der Waals surface area contributed by atoms with E-state index >= 15 is 0 Å². The number of ether oxygens (including phenoxy) is 1. The van der Waals surface area contributed by atoms with Crippen LogP contribution in [0.15, 0.2) is 12.2 Å². The van der Waals surface area contributed by atoms with Crippen molar-refractivity contribution in [3.8, 4) is 0 Å². The van der Waals surface area contributed by atoms with Crippen LogP contribution in [-0.2, 0) is 38.5 Å². The van der Waals surface area contributed by atoms with E-state index in [0.717, 1.165) is 32.1 Å². The predicted octanol–water partition coefficient (Wildman–Crippen LogP) is 4.79. The van der Waals surface area contributed by atoms with Crippen LogP contribution in [0, 0.1) is 63.1 Å². The van der Waals surface area contributed by atoms with Crippen LogP contribution in [0.4, 0.5) is 0 Å². The molecule has 5 rings (SSSR count). The maximum Gasteiger partial charge on any atom is 0.397 e. The molecule has 0 heterocycles. The second-order valence-corrected chi connectivity index (χ2v) is 15.9. The van der Waals surface area contributed by atoms with Crippen molar-refractivity contribution in [3.05, 3.63) is 12.2 Å². The molecule has 0 saturated heterocycles. The van der Waals surface area contributed by atoms with Crippen LogP contribution in [0.1, 0.15) is 87.0 Å². The molecular weight excluding hydrogens is 560 g/mol. The predicted molar refractivity (Wildman–Crippen MR) is 153 cm³/mol. The fourth-order valence-corrected chi connectivity index (χ4v) is 11.2. The molecule has 4 fully saturated rings. The maximum absolute atomic E-state index is 13.8. The van der Waals surface area contributed by atoms with Crippen molar-refractivity contribution < 1.29 is 41.1 Å². The number of fused-ring (bicyclic) bond motifs is 2. The van der Waals surface area contributed by atoms with E-state index in [1.165, 1.54) is 6.92 Å². The first kappa shape index (κ1) is 31.5. The van der Waals surface area contributed by atoms with Gasteiger partial charge in [-0.15, -0.1) is 0 Å². The van der Waals surface area contributed by atoms with Gasteiger partial charge >= 0.3 is 16.4 Å². The van der Waals surface area contributed by atoms with Crippen LogP contribution in [0.25, 0.3) is 0 Å². The molecule has 5 aliphatic carbocycles. The third kappa shape index (κ3) is 4.40.